The number of halogens is 6. The Kier molecular flexibility index (Phi) is 10.3. The SMILES string of the molecule is Cc1cc(C2(c3ccc(N4C(=O)c5ccc(C(c6ccc7c(c6)C(=O)N(c6ccc(N(C)C)cc6)C7=O)(C(F)(F)F)C(F)(F)F)cc5C4=O)c(C)c3)c3ccccc3-c3ccccc32)ccc1N(C)C. The van der Waals surface area contributed by atoms with Gasteiger partial charge in [0, 0.05) is 39.6 Å². The molecule has 0 radical (unpaired) electrons. The summed E-state index contributed by atoms with van der Waals surface area (Å²) in [6.45, 7) is 3.72. The van der Waals surface area contributed by atoms with Gasteiger partial charge in [-0.25, -0.2) is 9.80 Å². The van der Waals surface area contributed by atoms with Gasteiger partial charge in [-0.05, 0) is 130 Å². The minimum Gasteiger partial charge on any atom is -0.378 e. The average Bonchev–Trinajstić information content (AvgIpc) is 3.85. The summed E-state index contributed by atoms with van der Waals surface area (Å²) in [6.07, 6.45) is -12.3. The first-order chi connectivity index (χ1) is 33.1. The van der Waals surface area contributed by atoms with E-state index in [0.29, 0.717) is 40.4 Å². The molecule has 3 aliphatic rings. The van der Waals surface area contributed by atoms with Crippen LogP contribution in [0.4, 0.5) is 49.1 Å². The number of aryl methyl sites for hydroxylation is 2. The van der Waals surface area contributed by atoms with E-state index in [1.807, 2.05) is 56.3 Å². The summed E-state index contributed by atoms with van der Waals surface area (Å²) in [7, 11) is 7.44. The Balaban J connectivity index is 1.06. The molecule has 10 rings (SSSR count). The maximum Gasteiger partial charge on any atom is 0.411 e. The summed E-state index contributed by atoms with van der Waals surface area (Å²) >= 11 is 0. The Bertz CT molecular complexity index is 3340. The summed E-state index contributed by atoms with van der Waals surface area (Å²) in [6, 6.07) is 37.2. The molecule has 1 aliphatic carbocycles. The Morgan fingerprint density at radius 3 is 1.37 bits per heavy atom. The normalized spacial score (nSPS) is 15.0. The number of fused-ring (bicyclic) bond motifs is 5. The Morgan fingerprint density at radius 1 is 0.443 bits per heavy atom. The molecule has 0 spiro atoms. The van der Waals surface area contributed by atoms with Crippen LogP contribution in [0, 0.1) is 13.8 Å². The van der Waals surface area contributed by atoms with Crippen molar-refractivity contribution < 1.29 is 45.5 Å². The van der Waals surface area contributed by atoms with Crippen LogP contribution in [0.5, 0.6) is 0 Å². The fraction of sp³-hybridized carbons (Fsp3) is 0.179. The Morgan fingerprint density at radius 2 is 0.900 bits per heavy atom. The molecule has 0 bridgehead atoms. The number of hydrogen-bond donors (Lipinski definition) is 0. The lowest BCUT2D eigenvalue weighted by atomic mass is 9.67. The number of anilines is 4. The lowest BCUT2D eigenvalue weighted by Gasteiger charge is -2.38. The van der Waals surface area contributed by atoms with Crippen molar-refractivity contribution in [3.63, 3.8) is 0 Å². The number of benzene rings is 7. The molecule has 0 fully saturated rings. The molecule has 2 heterocycles. The van der Waals surface area contributed by atoms with Crippen molar-refractivity contribution in [2.75, 3.05) is 47.8 Å². The molecule has 352 valence electrons. The topological polar surface area (TPSA) is 81.2 Å². The molecule has 0 N–H and O–H groups in total. The van der Waals surface area contributed by atoms with Gasteiger partial charge < -0.3 is 9.80 Å². The lowest BCUT2D eigenvalue weighted by Crippen LogP contribution is -2.55. The second kappa shape index (κ2) is 15.8. The van der Waals surface area contributed by atoms with Crippen molar-refractivity contribution in [2.24, 2.45) is 0 Å². The van der Waals surface area contributed by atoms with Gasteiger partial charge in [-0.3, -0.25) is 19.2 Å². The highest BCUT2D eigenvalue weighted by Gasteiger charge is 2.73. The van der Waals surface area contributed by atoms with E-state index in [2.05, 4.69) is 42.5 Å². The van der Waals surface area contributed by atoms with Crippen LogP contribution < -0.4 is 19.6 Å². The van der Waals surface area contributed by atoms with Crippen molar-refractivity contribution in [1.29, 1.82) is 0 Å². The van der Waals surface area contributed by atoms with Crippen LogP contribution >= 0.6 is 0 Å². The Hall–Kier alpha value is -8.00. The van der Waals surface area contributed by atoms with Crippen LogP contribution in [0.2, 0.25) is 0 Å². The number of hydrogen-bond acceptors (Lipinski definition) is 6. The van der Waals surface area contributed by atoms with E-state index in [4.69, 9.17) is 0 Å². The monoisotopic (exact) mass is 948 g/mol. The van der Waals surface area contributed by atoms with Crippen LogP contribution in [0.1, 0.15) is 85.9 Å². The number of alkyl halides is 6. The second-order valence-electron chi connectivity index (χ2n) is 18.3. The fourth-order valence-corrected chi connectivity index (χ4v) is 10.8. The average molecular weight is 949 g/mol. The maximum atomic E-state index is 15.7. The third-order valence-electron chi connectivity index (χ3n) is 14.0. The predicted molar refractivity (Wildman–Crippen MR) is 256 cm³/mol. The van der Waals surface area contributed by atoms with E-state index < -0.39 is 74.6 Å². The molecule has 0 saturated heterocycles. The van der Waals surface area contributed by atoms with Crippen LogP contribution in [0.3, 0.4) is 0 Å². The van der Waals surface area contributed by atoms with E-state index in [1.54, 1.807) is 50.2 Å². The molecule has 0 atom stereocenters. The number of amides is 4. The first-order valence-electron chi connectivity index (χ1n) is 22.2. The zero-order valence-corrected chi connectivity index (χ0v) is 38.5. The van der Waals surface area contributed by atoms with Gasteiger partial charge >= 0.3 is 12.4 Å². The largest absolute Gasteiger partial charge is 0.411 e. The minimum absolute atomic E-state index is 0.0613. The van der Waals surface area contributed by atoms with Gasteiger partial charge in [-0.2, -0.15) is 26.3 Å². The summed E-state index contributed by atoms with van der Waals surface area (Å²) in [5.41, 5.74) is -1.52. The third kappa shape index (κ3) is 6.31. The molecule has 2 aliphatic heterocycles. The third-order valence-corrected chi connectivity index (χ3v) is 14.0. The predicted octanol–water partition coefficient (Wildman–Crippen LogP) is 11.8. The molecule has 0 saturated carbocycles. The van der Waals surface area contributed by atoms with Gasteiger partial charge in [-0.1, -0.05) is 84.9 Å². The first-order valence-corrected chi connectivity index (χ1v) is 22.2. The molecule has 70 heavy (non-hydrogen) atoms. The number of rotatable bonds is 8. The van der Waals surface area contributed by atoms with Crippen molar-refractivity contribution in [3.05, 3.63) is 212 Å². The second-order valence-corrected chi connectivity index (χ2v) is 18.3. The molecule has 4 amide bonds. The maximum absolute atomic E-state index is 15.7. The molecule has 8 nitrogen and oxygen atoms in total. The van der Waals surface area contributed by atoms with E-state index in [9.17, 15) is 19.2 Å². The van der Waals surface area contributed by atoms with E-state index in [1.165, 1.54) is 12.1 Å². The fourth-order valence-electron chi connectivity index (χ4n) is 10.8. The van der Waals surface area contributed by atoms with Gasteiger partial charge in [0.1, 0.15) is 0 Å². The highest BCUT2D eigenvalue weighted by Crippen LogP contribution is 2.59. The summed E-state index contributed by atoms with van der Waals surface area (Å²) in [5.74, 6) is -4.11. The number of carbonyl (C=O) groups is 4. The van der Waals surface area contributed by atoms with Crippen LogP contribution in [-0.2, 0) is 10.8 Å². The number of imide groups is 2. The van der Waals surface area contributed by atoms with E-state index in [0.717, 1.165) is 61.7 Å². The molecular weight excluding hydrogens is 907 g/mol. The van der Waals surface area contributed by atoms with Gasteiger partial charge in [0.25, 0.3) is 23.6 Å². The van der Waals surface area contributed by atoms with Crippen LogP contribution in [-0.4, -0.2) is 64.2 Å². The summed E-state index contributed by atoms with van der Waals surface area (Å²) < 4.78 is 94.0. The standard InChI is InChI=1S/C56H42F6N4O4/c1-31-27-33(17-25-47(31)64(5)6)53(45-13-9-7-11-39(45)40-12-8-10-14-46(40)53)34-18-26-48(32(2)28-34)66-50(68)42-24-16-36(30-44(42)52(66)70)54(55(57,58)59,56(60,61)62)35-15-23-41-43(29-35)51(69)65(49(41)67)38-21-19-37(20-22-38)63(3)4/h7-30H,1-6H3. The van der Waals surface area contributed by atoms with Gasteiger partial charge in [0.2, 0.25) is 5.41 Å². The van der Waals surface area contributed by atoms with E-state index >= 15 is 26.3 Å². The minimum atomic E-state index is -6.13. The molecule has 14 heteroatoms. The number of carbonyl (C=O) groups excluding carboxylic acids is 4. The van der Waals surface area contributed by atoms with Gasteiger partial charge in [-0.15, -0.1) is 0 Å². The Labute approximate surface area is 399 Å². The van der Waals surface area contributed by atoms with Crippen molar-refractivity contribution in [1.82, 2.24) is 0 Å². The quantitative estimate of drug-likeness (QED) is 0.111. The van der Waals surface area contributed by atoms with Gasteiger partial charge in [0.05, 0.1) is 39.0 Å². The molecule has 7 aromatic carbocycles. The molecule has 7 aromatic rings. The lowest BCUT2D eigenvalue weighted by molar-refractivity contribution is -0.288. The highest BCUT2D eigenvalue weighted by atomic mass is 19.4. The zero-order chi connectivity index (χ0) is 50.0. The van der Waals surface area contributed by atoms with Crippen LogP contribution in [0.15, 0.2) is 146 Å². The summed E-state index contributed by atoms with van der Waals surface area (Å²) in [4.78, 5) is 61.2. The van der Waals surface area contributed by atoms with E-state index in [-0.39, 0.29) is 16.9 Å². The van der Waals surface area contributed by atoms with Crippen molar-refractivity contribution in [2.45, 2.75) is 37.0 Å². The zero-order valence-electron chi connectivity index (χ0n) is 38.5. The highest BCUT2D eigenvalue weighted by molar-refractivity contribution is 6.35. The first kappa shape index (κ1) is 45.8. The molecular formula is C56H42F6N4O4. The summed E-state index contributed by atoms with van der Waals surface area (Å²) in [5, 5.41) is 0. The molecule has 0 aromatic heterocycles. The molecule has 0 unspecified atom stereocenters. The van der Waals surface area contributed by atoms with Crippen molar-refractivity contribution >= 4 is 46.4 Å². The van der Waals surface area contributed by atoms with Gasteiger partial charge in [0.15, 0.2) is 0 Å². The van der Waals surface area contributed by atoms with Crippen molar-refractivity contribution in [3.8, 4) is 11.1 Å². The smallest absolute Gasteiger partial charge is 0.378 e. The van der Waals surface area contributed by atoms with Crippen LogP contribution in [0.25, 0.3) is 11.1 Å². The number of nitrogens with zero attached hydrogens (tertiary/aromatic N) is 4.